The highest BCUT2D eigenvalue weighted by molar-refractivity contribution is 5.17. The maximum absolute atomic E-state index is 10.2. The second-order valence-electron chi connectivity index (χ2n) is 5.35. The normalized spacial score (nSPS) is 27.1. The quantitative estimate of drug-likeness (QED) is 0.850. The minimum Gasteiger partial charge on any atom is -0.387 e. The minimum atomic E-state index is -0.371. The molecule has 3 atom stereocenters. The predicted molar refractivity (Wildman–Crippen MR) is 74.5 cm³/mol. The van der Waals surface area contributed by atoms with Crippen LogP contribution in [0.2, 0.25) is 0 Å². The number of rotatable bonds is 4. The van der Waals surface area contributed by atoms with Crippen molar-refractivity contribution in [2.75, 3.05) is 26.7 Å². The second kappa shape index (κ2) is 6.32. The molecule has 0 spiro atoms. The smallest absolute Gasteiger partial charge is 0.0916 e. The van der Waals surface area contributed by atoms with Gasteiger partial charge in [-0.1, -0.05) is 37.3 Å². The van der Waals surface area contributed by atoms with Crippen LogP contribution in [0.1, 0.15) is 25.0 Å². The molecule has 1 aliphatic heterocycles. The Bertz CT molecular complexity index is 355. The van der Waals surface area contributed by atoms with E-state index in [2.05, 4.69) is 17.1 Å². The third kappa shape index (κ3) is 3.31. The molecule has 0 aliphatic carbocycles. The standard InChI is InChI=1S/C15H24N2O/c1-12-10-17(9-8-14(12)16-2)11-15(18)13-6-4-3-5-7-13/h3-7,12,14-16,18H,8-11H2,1-2H3. The molecule has 1 fully saturated rings. The lowest BCUT2D eigenvalue weighted by molar-refractivity contribution is 0.0767. The average molecular weight is 248 g/mol. The summed E-state index contributed by atoms with van der Waals surface area (Å²) in [4.78, 5) is 2.37. The molecule has 0 amide bonds. The van der Waals surface area contributed by atoms with E-state index in [0.29, 0.717) is 12.0 Å². The van der Waals surface area contributed by atoms with Crippen molar-refractivity contribution >= 4 is 0 Å². The van der Waals surface area contributed by atoms with Crippen molar-refractivity contribution in [2.45, 2.75) is 25.5 Å². The summed E-state index contributed by atoms with van der Waals surface area (Å²) in [5, 5.41) is 13.6. The third-order valence-electron chi connectivity index (χ3n) is 3.98. The fraction of sp³-hybridized carbons (Fsp3) is 0.600. The number of aliphatic hydroxyl groups excluding tert-OH is 1. The number of likely N-dealkylation sites (tertiary alicyclic amines) is 1. The Morgan fingerprint density at radius 1 is 1.39 bits per heavy atom. The van der Waals surface area contributed by atoms with Gasteiger partial charge in [0.1, 0.15) is 0 Å². The molecule has 3 heteroatoms. The van der Waals surface area contributed by atoms with Crippen LogP contribution >= 0.6 is 0 Å². The molecule has 1 saturated heterocycles. The van der Waals surface area contributed by atoms with Gasteiger partial charge in [0, 0.05) is 19.1 Å². The van der Waals surface area contributed by atoms with Gasteiger partial charge in [-0.05, 0) is 31.5 Å². The van der Waals surface area contributed by atoms with Crippen LogP contribution in [0.15, 0.2) is 30.3 Å². The maximum atomic E-state index is 10.2. The highest BCUT2D eigenvalue weighted by Gasteiger charge is 2.25. The highest BCUT2D eigenvalue weighted by Crippen LogP contribution is 2.20. The summed E-state index contributed by atoms with van der Waals surface area (Å²) in [5.74, 6) is 0.645. The van der Waals surface area contributed by atoms with Crippen molar-refractivity contribution < 1.29 is 5.11 Å². The van der Waals surface area contributed by atoms with Crippen molar-refractivity contribution in [1.29, 1.82) is 0 Å². The largest absolute Gasteiger partial charge is 0.387 e. The fourth-order valence-corrected chi connectivity index (χ4v) is 2.85. The van der Waals surface area contributed by atoms with Gasteiger partial charge in [-0.3, -0.25) is 0 Å². The number of benzene rings is 1. The number of aliphatic hydroxyl groups is 1. The number of nitrogens with zero attached hydrogens (tertiary/aromatic N) is 1. The Morgan fingerprint density at radius 2 is 2.11 bits per heavy atom. The fourth-order valence-electron chi connectivity index (χ4n) is 2.85. The van der Waals surface area contributed by atoms with Gasteiger partial charge in [-0.2, -0.15) is 0 Å². The summed E-state index contributed by atoms with van der Waals surface area (Å²) in [6.45, 7) is 5.15. The Balaban J connectivity index is 1.87. The molecule has 0 radical (unpaired) electrons. The molecule has 0 aromatic heterocycles. The lowest BCUT2D eigenvalue weighted by Gasteiger charge is -2.37. The predicted octanol–water partition coefficient (Wildman–Crippen LogP) is 1.65. The first kappa shape index (κ1) is 13.5. The molecule has 100 valence electrons. The zero-order valence-corrected chi connectivity index (χ0v) is 11.3. The van der Waals surface area contributed by atoms with Gasteiger partial charge in [0.2, 0.25) is 0 Å². The van der Waals surface area contributed by atoms with E-state index >= 15 is 0 Å². The van der Waals surface area contributed by atoms with E-state index < -0.39 is 0 Å². The average Bonchev–Trinajstić information content (AvgIpc) is 2.40. The van der Waals surface area contributed by atoms with Gasteiger partial charge in [-0.15, -0.1) is 0 Å². The molecule has 1 aliphatic rings. The molecule has 3 unspecified atom stereocenters. The van der Waals surface area contributed by atoms with E-state index in [-0.39, 0.29) is 6.10 Å². The molecule has 1 aromatic rings. The van der Waals surface area contributed by atoms with Gasteiger partial charge in [-0.25, -0.2) is 0 Å². The van der Waals surface area contributed by atoms with Gasteiger partial charge < -0.3 is 15.3 Å². The van der Waals surface area contributed by atoms with E-state index in [1.807, 2.05) is 37.4 Å². The van der Waals surface area contributed by atoms with Crippen molar-refractivity contribution in [3.8, 4) is 0 Å². The second-order valence-corrected chi connectivity index (χ2v) is 5.35. The topological polar surface area (TPSA) is 35.5 Å². The molecule has 1 heterocycles. The molecule has 3 nitrogen and oxygen atoms in total. The van der Waals surface area contributed by atoms with E-state index in [1.165, 1.54) is 6.42 Å². The summed E-state index contributed by atoms with van der Waals surface area (Å²) in [7, 11) is 2.04. The van der Waals surface area contributed by atoms with Crippen molar-refractivity contribution in [1.82, 2.24) is 10.2 Å². The van der Waals surface area contributed by atoms with Crippen LogP contribution in [0, 0.1) is 5.92 Å². The summed E-state index contributed by atoms with van der Waals surface area (Å²) in [6, 6.07) is 10.6. The number of piperidine rings is 1. The Morgan fingerprint density at radius 3 is 2.72 bits per heavy atom. The van der Waals surface area contributed by atoms with Gasteiger partial charge in [0.15, 0.2) is 0 Å². The Kier molecular flexibility index (Phi) is 4.75. The van der Waals surface area contributed by atoms with Crippen LogP contribution in [0.25, 0.3) is 0 Å². The summed E-state index contributed by atoms with van der Waals surface area (Å²) in [6.07, 6.45) is 0.795. The van der Waals surface area contributed by atoms with E-state index in [4.69, 9.17) is 0 Å². The first-order valence-electron chi connectivity index (χ1n) is 6.83. The molecule has 0 bridgehead atoms. The first-order chi connectivity index (χ1) is 8.70. The first-order valence-corrected chi connectivity index (χ1v) is 6.83. The molecule has 1 aromatic carbocycles. The molecule has 2 rings (SSSR count). The van der Waals surface area contributed by atoms with Gasteiger partial charge in [0.05, 0.1) is 6.10 Å². The zero-order valence-electron chi connectivity index (χ0n) is 11.3. The molecular formula is C15H24N2O. The van der Waals surface area contributed by atoms with Crippen molar-refractivity contribution in [3.63, 3.8) is 0 Å². The Labute approximate surface area is 110 Å². The summed E-state index contributed by atoms with van der Waals surface area (Å²) >= 11 is 0. The zero-order chi connectivity index (χ0) is 13.0. The van der Waals surface area contributed by atoms with Crippen molar-refractivity contribution in [2.24, 2.45) is 5.92 Å². The summed E-state index contributed by atoms with van der Waals surface area (Å²) in [5.41, 5.74) is 1.01. The molecule has 0 saturated carbocycles. The highest BCUT2D eigenvalue weighted by atomic mass is 16.3. The monoisotopic (exact) mass is 248 g/mol. The minimum absolute atomic E-state index is 0.371. The molecular weight excluding hydrogens is 224 g/mol. The molecule has 2 N–H and O–H groups in total. The number of hydrogen-bond donors (Lipinski definition) is 2. The van der Waals surface area contributed by atoms with Crippen LogP contribution in [0.3, 0.4) is 0 Å². The Hall–Kier alpha value is -0.900. The van der Waals surface area contributed by atoms with Crippen LogP contribution in [-0.2, 0) is 0 Å². The number of β-amino-alcohol motifs (C(OH)–C–C–N with tert-alkyl or cyclic N) is 1. The number of hydrogen-bond acceptors (Lipinski definition) is 3. The van der Waals surface area contributed by atoms with Crippen LogP contribution in [0.5, 0.6) is 0 Å². The van der Waals surface area contributed by atoms with E-state index in [1.54, 1.807) is 0 Å². The lowest BCUT2D eigenvalue weighted by atomic mass is 9.93. The van der Waals surface area contributed by atoms with Crippen molar-refractivity contribution in [3.05, 3.63) is 35.9 Å². The number of nitrogens with one attached hydrogen (secondary N) is 1. The van der Waals surface area contributed by atoms with E-state index in [9.17, 15) is 5.11 Å². The van der Waals surface area contributed by atoms with Gasteiger partial charge >= 0.3 is 0 Å². The lowest BCUT2D eigenvalue weighted by Crippen LogP contribution is -2.48. The van der Waals surface area contributed by atoms with Crippen LogP contribution in [-0.4, -0.2) is 42.7 Å². The van der Waals surface area contributed by atoms with E-state index in [0.717, 1.165) is 25.2 Å². The van der Waals surface area contributed by atoms with Gasteiger partial charge in [0.25, 0.3) is 0 Å². The van der Waals surface area contributed by atoms with Crippen LogP contribution in [0.4, 0.5) is 0 Å². The maximum Gasteiger partial charge on any atom is 0.0916 e. The molecule has 18 heavy (non-hydrogen) atoms. The SMILES string of the molecule is CNC1CCN(CC(O)c2ccccc2)CC1C. The third-order valence-corrected chi connectivity index (χ3v) is 3.98. The summed E-state index contributed by atoms with van der Waals surface area (Å²) < 4.78 is 0. The van der Waals surface area contributed by atoms with Crippen LogP contribution < -0.4 is 5.32 Å².